The van der Waals surface area contributed by atoms with Crippen LogP contribution in [-0.2, 0) is 12.8 Å². The summed E-state index contributed by atoms with van der Waals surface area (Å²) in [6.07, 6.45) is 3.18. The summed E-state index contributed by atoms with van der Waals surface area (Å²) in [5.41, 5.74) is 10.3. The van der Waals surface area contributed by atoms with Gasteiger partial charge < -0.3 is 5.73 Å². The molecule has 3 heteroatoms. The number of hydrogen-bond donors (Lipinski definition) is 1. The average Bonchev–Trinajstić information content (AvgIpc) is 2.46. The van der Waals surface area contributed by atoms with E-state index in [-0.39, 0.29) is 6.04 Å². The van der Waals surface area contributed by atoms with Crippen molar-refractivity contribution >= 4 is 23.2 Å². The maximum atomic E-state index is 6.45. The Hall–Kier alpha value is -1.02. The molecule has 0 aromatic heterocycles. The first-order valence-electron chi connectivity index (χ1n) is 6.92. The van der Waals surface area contributed by atoms with Gasteiger partial charge in [-0.25, -0.2) is 0 Å². The Morgan fingerprint density at radius 2 is 1.85 bits per heavy atom. The molecule has 0 bridgehead atoms. The highest BCUT2D eigenvalue weighted by Crippen LogP contribution is 2.35. The molecule has 1 aliphatic carbocycles. The second kappa shape index (κ2) is 5.77. The fraction of sp³-hybridized carbons (Fsp3) is 0.294. The Morgan fingerprint density at radius 3 is 2.65 bits per heavy atom. The Balaban J connectivity index is 1.81. The summed E-state index contributed by atoms with van der Waals surface area (Å²) >= 11 is 12.0. The minimum atomic E-state index is 0.106. The first kappa shape index (κ1) is 13.9. The van der Waals surface area contributed by atoms with Crippen molar-refractivity contribution in [2.75, 3.05) is 0 Å². The number of nitrogens with two attached hydrogens (primary N) is 1. The van der Waals surface area contributed by atoms with Gasteiger partial charge in [0.1, 0.15) is 0 Å². The third-order valence-corrected chi connectivity index (χ3v) is 4.93. The second-order valence-electron chi connectivity index (χ2n) is 5.48. The number of hydrogen-bond acceptors (Lipinski definition) is 1. The van der Waals surface area contributed by atoms with Crippen LogP contribution in [0.1, 0.15) is 29.2 Å². The lowest BCUT2D eigenvalue weighted by Crippen LogP contribution is -2.28. The van der Waals surface area contributed by atoms with Crippen LogP contribution in [0.15, 0.2) is 42.5 Å². The van der Waals surface area contributed by atoms with Crippen molar-refractivity contribution in [2.45, 2.75) is 25.3 Å². The number of rotatable bonds is 2. The average molecular weight is 306 g/mol. The van der Waals surface area contributed by atoms with Gasteiger partial charge in [-0.15, -0.1) is 0 Å². The summed E-state index contributed by atoms with van der Waals surface area (Å²) in [6.45, 7) is 0. The van der Waals surface area contributed by atoms with E-state index in [1.165, 1.54) is 16.7 Å². The lowest BCUT2D eigenvalue weighted by atomic mass is 9.77. The summed E-state index contributed by atoms with van der Waals surface area (Å²) in [7, 11) is 0. The molecule has 0 spiro atoms. The number of aryl methyl sites for hydroxylation is 1. The minimum Gasteiger partial charge on any atom is -0.324 e. The van der Waals surface area contributed by atoms with E-state index in [1.807, 2.05) is 18.2 Å². The molecule has 2 atom stereocenters. The Morgan fingerprint density at radius 1 is 1.05 bits per heavy atom. The molecule has 3 rings (SSSR count). The number of halogens is 2. The molecule has 0 saturated heterocycles. The van der Waals surface area contributed by atoms with Crippen LogP contribution in [0, 0.1) is 5.92 Å². The largest absolute Gasteiger partial charge is 0.324 e. The van der Waals surface area contributed by atoms with Crippen molar-refractivity contribution < 1.29 is 0 Å². The van der Waals surface area contributed by atoms with E-state index in [0.717, 1.165) is 19.3 Å². The topological polar surface area (TPSA) is 26.0 Å². The smallest absolute Gasteiger partial charge is 0.0595 e. The molecule has 1 nitrogen and oxygen atoms in total. The van der Waals surface area contributed by atoms with Gasteiger partial charge in [0.25, 0.3) is 0 Å². The van der Waals surface area contributed by atoms with Gasteiger partial charge in [0.2, 0.25) is 0 Å². The van der Waals surface area contributed by atoms with E-state index in [2.05, 4.69) is 24.3 Å². The fourth-order valence-electron chi connectivity index (χ4n) is 3.06. The molecule has 0 heterocycles. The molecule has 0 radical (unpaired) electrons. The van der Waals surface area contributed by atoms with Crippen LogP contribution in [0.25, 0.3) is 0 Å². The molecular weight excluding hydrogens is 289 g/mol. The molecule has 104 valence electrons. The zero-order valence-electron chi connectivity index (χ0n) is 11.2. The summed E-state index contributed by atoms with van der Waals surface area (Å²) < 4.78 is 0. The predicted octanol–water partition coefficient (Wildman–Crippen LogP) is 4.80. The van der Waals surface area contributed by atoms with E-state index in [1.54, 1.807) is 0 Å². The third kappa shape index (κ3) is 2.71. The minimum absolute atomic E-state index is 0.106. The van der Waals surface area contributed by atoms with Crippen LogP contribution in [-0.4, -0.2) is 0 Å². The SMILES string of the molecule is NC1c2ccccc2CCC1Cc1ccc(Cl)c(Cl)c1. The van der Waals surface area contributed by atoms with Gasteiger partial charge >= 0.3 is 0 Å². The Labute approximate surface area is 129 Å². The van der Waals surface area contributed by atoms with Crippen molar-refractivity contribution in [1.29, 1.82) is 0 Å². The van der Waals surface area contributed by atoms with Gasteiger partial charge in [0, 0.05) is 6.04 Å². The lowest BCUT2D eigenvalue weighted by Gasteiger charge is -2.31. The molecule has 0 amide bonds. The summed E-state index contributed by atoms with van der Waals surface area (Å²) in [4.78, 5) is 0. The van der Waals surface area contributed by atoms with E-state index in [9.17, 15) is 0 Å². The van der Waals surface area contributed by atoms with Gasteiger partial charge in [0.15, 0.2) is 0 Å². The second-order valence-corrected chi connectivity index (χ2v) is 6.29. The molecule has 2 aromatic carbocycles. The van der Waals surface area contributed by atoms with Crippen LogP contribution in [0.2, 0.25) is 10.0 Å². The van der Waals surface area contributed by atoms with Crippen molar-refractivity contribution in [2.24, 2.45) is 11.7 Å². The molecule has 0 saturated carbocycles. The zero-order chi connectivity index (χ0) is 14.1. The highest BCUT2D eigenvalue weighted by molar-refractivity contribution is 6.42. The highest BCUT2D eigenvalue weighted by atomic mass is 35.5. The molecule has 1 aliphatic rings. The monoisotopic (exact) mass is 305 g/mol. The van der Waals surface area contributed by atoms with Gasteiger partial charge in [-0.3, -0.25) is 0 Å². The van der Waals surface area contributed by atoms with E-state index in [4.69, 9.17) is 28.9 Å². The highest BCUT2D eigenvalue weighted by Gasteiger charge is 2.26. The van der Waals surface area contributed by atoms with E-state index in [0.29, 0.717) is 16.0 Å². The fourth-order valence-corrected chi connectivity index (χ4v) is 3.38. The standard InChI is InChI=1S/C17H17Cl2N/c18-15-8-5-11(10-16(15)19)9-13-7-6-12-3-1-2-4-14(12)17(13)20/h1-5,8,10,13,17H,6-7,9,20H2. The van der Waals surface area contributed by atoms with Crippen molar-refractivity contribution in [1.82, 2.24) is 0 Å². The van der Waals surface area contributed by atoms with E-state index < -0.39 is 0 Å². The van der Waals surface area contributed by atoms with Crippen LogP contribution in [0.3, 0.4) is 0 Å². The maximum Gasteiger partial charge on any atom is 0.0595 e. The molecule has 0 fully saturated rings. The Kier molecular flexibility index (Phi) is 4.02. The summed E-state index contributed by atoms with van der Waals surface area (Å²) in [5.74, 6) is 0.460. The van der Waals surface area contributed by atoms with Crippen LogP contribution < -0.4 is 5.73 Å². The van der Waals surface area contributed by atoms with Crippen molar-refractivity contribution in [3.63, 3.8) is 0 Å². The number of fused-ring (bicyclic) bond motifs is 1. The molecule has 20 heavy (non-hydrogen) atoms. The molecule has 2 N–H and O–H groups in total. The zero-order valence-corrected chi connectivity index (χ0v) is 12.7. The normalized spacial score (nSPS) is 21.6. The van der Waals surface area contributed by atoms with E-state index >= 15 is 0 Å². The van der Waals surface area contributed by atoms with Crippen molar-refractivity contribution in [3.05, 3.63) is 69.2 Å². The maximum absolute atomic E-state index is 6.45. The quantitative estimate of drug-likeness (QED) is 0.847. The first-order valence-corrected chi connectivity index (χ1v) is 7.68. The summed E-state index contributed by atoms with van der Waals surface area (Å²) in [6, 6.07) is 14.5. The van der Waals surface area contributed by atoms with Crippen LogP contribution in [0.4, 0.5) is 0 Å². The lowest BCUT2D eigenvalue weighted by molar-refractivity contribution is 0.376. The van der Waals surface area contributed by atoms with Gasteiger partial charge in [0.05, 0.1) is 10.0 Å². The van der Waals surface area contributed by atoms with Crippen LogP contribution in [0.5, 0.6) is 0 Å². The Bertz CT molecular complexity index is 624. The number of benzene rings is 2. The van der Waals surface area contributed by atoms with Gasteiger partial charge in [-0.1, -0.05) is 53.5 Å². The first-order chi connectivity index (χ1) is 9.65. The molecule has 0 aliphatic heterocycles. The molecule has 2 unspecified atom stereocenters. The van der Waals surface area contributed by atoms with Crippen molar-refractivity contribution in [3.8, 4) is 0 Å². The third-order valence-electron chi connectivity index (χ3n) is 4.19. The summed E-state index contributed by atoms with van der Waals surface area (Å²) in [5, 5.41) is 1.22. The van der Waals surface area contributed by atoms with Gasteiger partial charge in [-0.05, 0) is 54.0 Å². The molecular formula is C17H17Cl2N. The van der Waals surface area contributed by atoms with Crippen LogP contribution >= 0.6 is 23.2 Å². The van der Waals surface area contributed by atoms with Gasteiger partial charge in [-0.2, -0.15) is 0 Å². The molecule has 2 aromatic rings. The predicted molar refractivity (Wildman–Crippen MR) is 85.3 cm³/mol.